The van der Waals surface area contributed by atoms with Gasteiger partial charge in [-0.3, -0.25) is 4.90 Å². The maximum atomic E-state index is 12.8. The van der Waals surface area contributed by atoms with Crippen LogP contribution in [0.4, 0.5) is 0 Å². The van der Waals surface area contributed by atoms with Crippen molar-refractivity contribution in [2.24, 2.45) is 0 Å². The molecule has 0 fully saturated rings. The Bertz CT molecular complexity index is 815. The van der Waals surface area contributed by atoms with E-state index in [0.29, 0.717) is 28.6 Å². The van der Waals surface area contributed by atoms with E-state index in [0.717, 1.165) is 31.6 Å². The molecule has 1 aliphatic rings. The zero-order valence-corrected chi connectivity index (χ0v) is 18.3. The molecule has 28 heavy (non-hydrogen) atoms. The Hall–Kier alpha value is -2.25. The number of halogens is 1. The van der Waals surface area contributed by atoms with Gasteiger partial charge >= 0.3 is 5.97 Å². The summed E-state index contributed by atoms with van der Waals surface area (Å²) in [5.74, 6) is 1.42. The first kappa shape index (κ1) is 22.0. The van der Waals surface area contributed by atoms with Crippen molar-refractivity contribution in [3.8, 4) is 23.0 Å². The van der Waals surface area contributed by atoms with Gasteiger partial charge in [0.15, 0.2) is 11.5 Å². The number of nitrogens with zero attached hydrogens (tertiary/aromatic N) is 1. The van der Waals surface area contributed by atoms with Gasteiger partial charge in [0.2, 0.25) is 5.75 Å². The van der Waals surface area contributed by atoms with Gasteiger partial charge in [-0.2, -0.15) is 0 Å². The Kier molecular flexibility index (Phi) is 7.71. The van der Waals surface area contributed by atoms with Gasteiger partial charge in [-0.15, -0.1) is 17.0 Å². The lowest BCUT2D eigenvalue weighted by Crippen LogP contribution is -2.30. The molecule has 2 aromatic rings. The second-order valence-corrected chi connectivity index (χ2v) is 6.32. The standard InChI is InChI=1S/C21H25NO5.BrH/c1-5-22-10-9-16-14(13-22)7-6-8-17(16)27-21(23)15-11-18(24-2)20(26-4)19(12-15)25-3;/h6-8,11-12H,5,9-10,13H2,1-4H3;1H. The number of carbonyl (C=O) groups excluding carboxylic acids is 1. The normalized spacial score (nSPS) is 13.1. The summed E-state index contributed by atoms with van der Waals surface area (Å²) >= 11 is 0. The summed E-state index contributed by atoms with van der Waals surface area (Å²) in [6.07, 6.45) is 0.863. The molecule has 6 nitrogen and oxygen atoms in total. The topological polar surface area (TPSA) is 57.2 Å². The fraction of sp³-hybridized carbons (Fsp3) is 0.381. The predicted octanol–water partition coefficient (Wildman–Crippen LogP) is 3.89. The lowest BCUT2D eigenvalue weighted by molar-refractivity contribution is 0.0731. The molecule has 0 amide bonds. The van der Waals surface area contributed by atoms with Crippen LogP contribution >= 0.6 is 17.0 Å². The van der Waals surface area contributed by atoms with E-state index >= 15 is 0 Å². The van der Waals surface area contributed by atoms with Gasteiger partial charge in [-0.1, -0.05) is 19.1 Å². The predicted molar refractivity (Wildman–Crippen MR) is 112 cm³/mol. The molecule has 1 heterocycles. The van der Waals surface area contributed by atoms with Crippen LogP contribution in [0.2, 0.25) is 0 Å². The fourth-order valence-corrected chi connectivity index (χ4v) is 3.36. The number of likely N-dealkylation sites (N-methyl/N-ethyl adjacent to an activating group) is 1. The number of benzene rings is 2. The molecule has 0 unspecified atom stereocenters. The minimum absolute atomic E-state index is 0. The summed E-state index contributed by atoms with van der Waals surface area (Å²) in [5.41, 5.74) is 2.65. The lowest BCUT2D eigenvalue weighted by atomic mass is 9.99. The van der Waals surface area contributed by atoms with Gasteiger partial charge < -0.3 is 18.9 Å². The monoisotopic (exact) mass is 451 g/mol. The van der Waals surface area contributed by atoms with E-state index in [1.807, 2.05) is 12.1 Å². The lowest BCUT2D eigenvalue weighted by Gasteiger charge is -2.28. The minimum Gasteiger partial charge on any atom is -0.493 e. The highest BCUT2D eigenvalue weighted by Crippen LogP contribution is 2.38. The summed E-state index contributed by atoms with van der Waals surface area (Å²) in [6.45, 7) is 5.00. The highest BCUT2D eigenvalue weighted by Gasteiger charge is 2.22. The van der Waals surface area contributed by atoms with Crippen molar-refractivity contribution in [1.29, 1.82) is 0 Å². The highest BCUT2D eigenvalue weighted by molar-refractivity contribution is 8.93. The third-order valence-electron chi connectivity index (χ3n) is 4.85. The number of esters is 1. The summed E-state index contributed by atoms with van der Waals surface area (Å²) in [5, 5.41) is 0. The number of fused-ring (bicyclic) bond motifs is 1. The van der Waals surface area contributed by atoms with Crippen LogP contribution in [-0.2, 0) is 13.0 Å². The van der Waals surface area contributed by atoms with E-state index in [4.69, 9.17) is 18.9 Å². The molecule has 0 N–H and O–H groups in total. The van der Waals surface area contributed by atoms with Gasteiger partial charge in [0.25, 0.3) is 0 Å². The molecule has 7 heteroatoms. The summed E-state index contributed by atoms with van der Waals surface area (Å²) < 4.78 is 21.7. The van der Waals surface area contributed by atoms with Crippen LogP contribution in [0.15, 0.2) is 30.3 Å². The maximum Gasteiger partial charge on any atom is 0.343 e. The molecule has 0 spiro atoms. The van der Waals surface area contributed by atoms with Crippen LogP contribution in [0.5, 0.6) is 23.0 Å². The van der Waals surface area contributed by atoms with Crippen molar-refractivity contribution < 1.29 is 23.7 Å². The fourth-order valence-electron chi connectivity index (χ4n) is 3.36. The Morgan fingerprint density at radius 2 is 1.71 bits per heavy atom. The van der Waals surface area contributed by atoms with E-state index in [2.05, 4.69) is 17.9 Å². The first-order chi connectivity index (χ1) is 13.1. The molecular formula is C21H26BrNO5. The Morgan fingerprint density at radius 1 is 1.04 bits per heavy atom. The number of hydrogen-bond donors (Lipinski definition) is 0. The van der Waals surface area contributed by atoms with E-state index in [1.54, 1.807) is 12.1 Å². The van der Waals surface area contributed by atoms with E-state index in [-0.39, 0.29) is 17.0 Å². The molecule has 0 bridgehead atoms. The number of carbonyl (C=O) groups is 1. The summed E-state index contributed by atoms with van der Waals surface area (Å²) in [4.78, 5) is 15.1. The Balaban J connectivity index is 0.00000280. The molecule has 1 aliphatic heterocycles. The quantitative estimate of drug-likeness (QED) is 0.490. The Morgan fingerprint density at radius 3 is 2.29 bits per heavy atom. The Labute approximate surface area is 176 Å². The number of methoxy groups -OCH3 is 3. The van der Waals surface area contributed by atoms with Crippen LogP contribution in [0, 0.1) is 0 Å². The molecule has 0 saturated heterocycles. The third-order valence-corrected chi connectivity index (χ3v) is 4.85. The van der Waals surface area contributed by atoms with Crippen LogP contribution in [0.1, 0.15) is 28.4 Å². The van der Waals surface area contributed by atoms with Gasteiger partial charge in [0, 0.05) is 18.7 Å². The van der Waals surface area contributed by atoms with E-state index in [9.17, 15) is 4.79 Å². The minimum atomic E-state index is -0.458. The molecule has 0 radical (unpaired) electrons. The van der Waals surface area contributed by atoms with Gasteiger partial charge in [0.1, 0.15) is 5.75 Å². The van der Waals surface area contributed by atoms with Crippen LogP contribution in [0.25, 0.3) is 0 Å². The molecular weight excluding hydrogens is 426 g/mol. The average Bonchev–Trinajstić information content (AvgIpc) is 2.72. The molecule has 0 atom stereocenters. The highest BCUT2D eigenvalue weighted by atomic mass is 79.9. The van der Waals surface area contributed by atoms with Gasteiger partial charge in [0.05, 0.1) is 26.9 Å². The summed E-state index contributed by atoms with van der Waals surface area (Å²) in [6, 6.07) is 9.05. The SMILES string of the molecule is Br.CCN1CCc2c(cccc2OC(=O)c2cc(OC)c(OC)c(OC)c2)C1. The largest absolute Gasteiger partial charge is 0.493 e. The van der Waals surface area contributed by atoms with Crippen molar-refractivity contribution in [3.63, 3.8) is 0 Å². The number of hydrogen-bond acceptors (Lipinski definition) is 6. The first-order valence-corrected chi connectivity index (χ1v) is 8.96. The number of ether oxygens (including phenoxy) is 4. The van der Waals surface area contributed by atoms with E-state index in [1.165, 1.54) is 26.9 Å². The maximum absolute atomic E-state index is 12.8. The van der Waals surface area contributed by atoms with Crippen molar-refractivity contribution >= 4 is 23.0 Å². The van der Waals surface area contributed by atoms with E-state index < -0.39 is 5.97 Å². The van der Waals surface area contributed by atoms with Crippen molar-refractivity contribution in [3.05, 3.63) is 47.0 Å². The molecule has 0 aromatic heterocycles. The zero-order valence-electron chi connectivity index (χ0n) is 16.6. The zero-order chi connectivity index (χ0) is 19.4. The molecule has 152 valence electrons. The molecule has 2 aromatic carbocycles. The average molecular weight is 452 g/mol. The third kappa shape index (κ3) is 4.42. The van der Waals surface area contributed by atoms with Gasteiger partial charge in [-0.25, -0.2) is 4.79 Å². The second kappa shape index (κ2) is 9.80. The van der Waals surface area contributed by atoms with Crippen LogP contribution in [0.3, 0.4) is 0 Å². The first-order valence-electron chi connectivity index (χ1n) is 8.96. The molecule has 3 rings (SSSR count). The van der Waals surface area contributed by atoms with Gasteiger partial charge in [-0.05, 0) is 36.7 Å². The number of rotatable bonds is 6. The second-order valence-electron chi connectivity index (χ2n) is 6.32. The van der Waals surface area contributed by atoms with Crippen LogP contribution in [-0.4, -0.2) is 45.3 Å². The van der Waals surface area contributed by atoms with Crippen molar-refractivity contribution in [2.45, 2.75) is 19.9 Å². The molecule has 0 saturated carbocycles. The summed E-state index contributed by atoms with van der Waals surface area (Å²) in [7, 11) is 4.55. The van der Waals surface area contributed by atoms with Crippen molar-refractivity contribution in [2.75, 3.05) is 34.4 Å². The van der Waals surface area contributed by atoms with Crippen LogP contribution < -0.4 is 18.9 Å². The van der Waals surface area contributed by atoms with Crippen molar-refractivity contribution in [1.82, 2.24) is 4.90 Å². The smallest absolute Gasteiger partial charge is 0.343 e. The molecule has 0 aliphatic carbocycles.